The van der Waals surface area contributed by atoms with Gasteiger partial charge in [-0.1, -0.05) is 18.2 Å². The first-order valence-electron chi connectivity index (χ1n) is 13.3. The molecule has 9 nitrogen and oxygen atoms in total. The van der Waals surface area contributed by atoms with Crippen LogP contribution in [0.5, 0.6) is 11.5 Å². The van der Waals surface area contributed by atoms with E-state index in [1.165, 1.54) is 11.3 Å². The third-order valence-corrected chi connectivity index (χ3v) is 7.88. The lowest BCUT2D eigenvalue weighted by Gasteiger charge is -2.30. The van der Waals surface area contributed by atoms with E-state index in [0.717, 1.165) is 38.8 Å². The van der Waals surface area contributed by atoms with E-state index in [1.54, 1.807) is 11.1 Å². The summed E-state index contributed by atoms with van der Waals surface area (Å²) >= 11 is 1.37. The van der Waals surface area contributed by atoms with Crippen molar-refractivity contribution < 1.29 is 19.1 Å². The van der Waals surface area contributed by atoms with Crippen LogP contribution in [0.15, 0.2) is 66.9 Å². The standard InChI is InChI=1S/C30H31N5O4S/c1-30(2,3)39-29(37)34-16-14-19(17-34)33-27(36)26-25-24-23(13-15-31-28(24)40-26)35(18-32-25)20-9-11-22(12-10-20)38-21-7-5-4-6-8-21/h4-13,15,19,32H,14,16-18H2,1-3H3,(H,33,36)/t19-/m1/s1. The molecular weight excluding hydrogens is 526 g/mol. The van der Waals surface area contributed by atoms with Gasteiger partial charge in [0.25, 0.3) is 5.91 Å². The van der Waals surface area contributed by atoms with Crippen molar-refractivity contribution in [3.05, 3.63) is 71.7 Å². The predicted molar refractivity (Wildman–Crippen MR) is 157 cm³/mol. The topological polar surface area (TPSA) is 96.0 Å². The Morgan fingerprint density at radius 2 is 1.80 bits per heavy atom. The summed E-state index contributed by atoms with van der Waals surface area (Å²) in [4.78, 5) is 35.6. The van der Waals surface area contributed by atoms with E-state index in [0.29, 0.717) is 31.1 Å². The second-order valence-electron chi connectivity index (χ2n) is 10.9. The summed E-state index contributed by atoms with van der Waals surface area (Å²) in [5.41, 5.74) is 2.22. The Bertz CT molecular complexity index is 1550. The molecule has 0 radical (unpaired) electrons. The third kappa shape index (κ3) is 5.27. The molecule has 0 bridgehead atoms. The van der Waals surface area contributed by atoms with Gasteiger partial charge >= 0.3 is 6.09 Å². The van der Waals surface area contributed by atoms with Crippen molar-refractivity contribution in [3.8, 4) is 11.5 Å². The molecule has 2 amide bonds. The summed E-state index contributed by atoms with van der Waals surface area (Å²) in [6.45, 7) is 7.01. The van der Waals surface area contributed by atoms with Gasteiger partial charge in [-0.15, -0.1) is 11.3 Å². The first-order valence-corrected chi connectivity index (χ1v) is 14.1. The summed E-state index contributed by atoms with van der Waals surface area (Å²) < 4.78 is 11.4. The molecule has 4 heterocycles. The molecule has 0 spiro atoms. The van der Waals surface area contributed by atoms with E-state index in [4.69, 9.17) is 9.47 Å². The first kappa shape index (κ1) is 25.9. The van der Waals surface area contributed by atoms with Crippen LogP contribution in [0.2, 0.25) is 0 Å². The number of para-hydroxylation sites is 1. The van der Waals surface area contributed by atoms with E-state index < -0.39 is 5.60 Å². The average molecular weight is 558 g/mol. The summed E-state index contributed by atoms with van der Waals surface area (Å²) in [6, 6.07) is 19.5. The zero-order valence-corrected chi connectivity index (χ0v) is 23.5. The highest BCUT2D eigenvalue weighted by atomic mass is 32.1. The molecule has 2 aliphatic heterocycles. The van der Waals surface area contributed by atoms with Gasteiger partial charge in [-0.25, -0.2) is 9.78 Å². The molecule has 2 aromatic carbocycles. The van der Waals surface area contributed by atoms with Crippen LogP contribution in [0.1, 0.15) is 36.9 Å². The number of benzene rings is 2. The van der Waals surface area contributed by atoms with Crippen molar-refractivity contribution in [1.82, 2.24) is 15.2 Å². The molecule has 6 rings (SSSR count). The van der Waals surface area contributed by atoms with E-state index in [1.807, 2.05) is 81.4 Å². The van der Waals surface area contributed by atoms with Crippen LogP contribution < -0.4 is 20.3 Å². The van der Waals surface area contributed by atoms with Crippen molar-refractivity contribution in [1.29, 1.82) is 0 Å². The lowest BCUT2D eigenvalue weighted by atomic mass is 10.1. The smallest absolute Gasteiger partial charge is 0.410 e. The highest BCUT2D eigenvalue weighted by molar-refractivity contribution is 7.21. The summed E-state index contributed by atoms with van der Waals surface area (Å²) in [6.07, 6.45) is 2.11. The van der Waals surface area contributed by atoms with E-state index in [9.17, 15) is 9.59 Å². The first-order chi connectivity index (χ1) is 19.2. The number of anilines is 3. The van der Waals surface area contributed by atoms with E-state index >= 15 is 0 Å². The number of pyridine rings is 1. The number of hydrogen-bond donors (Lipinski definition) is 2. The molecule has 2 aliphatic rings. The molecule has 10 heteroatoms. The fraction of sp³-hybridized carbons (Fsp3) is 0.300. The number of rotatable bonds is 5. The molecule has 1 saturated heterocycles. The number of carbonyl (C=O) groups is 2. The van der Waals surface area contributed by atoms with Crippen LogP contribution >= 0.6 is 11.3 Å². The Labute approximate surface area is 236 Å². The molecule has 0 saturated carbocycles. The molecule has 2 aromatic heterocycles. The molecule has 0 aliphatic carbocycles. The Balaban J connectivity index is 1.18. The number of nitrogens with zero attached hydrogens (tertiary/aromatic N) is 3. The Morgan fingerprint density at radius 1 is 1.05 bits per heavy atom. The zero-order chi connectivity index (χ0) is 27.9. The van der Waals surface area contributed by atoms with Crippen LogP contribution in [0.4, 0.5) is 21.9 Å². The number of thiophene rings is 1. The molecule has 4 aromatic rings. The van der Waals surface area contributed by atoms with Gasteiger partial charge in [-0.05, 0) is 69.7 Å². The molecule has 1 atom stereocenters. The lowest BCUT2D eigenvalue weighted by molar-refractivity contribution is 0.0290. The zero-order valence-electron chi connectivity index (χ0n) is 22.6. The number of carbonyl (C=O) groups excluding carboxylic acids is 2. The van der Waals surface area contributed by atoms with Gasteiger partial charge in [-0.3, -0.25) is 4.79 Å². The highest BCUT2D eigenvalue weighted by Crippen LogP contribution is 2.45. The second-order valence-corrected chi connectivity index (χ2v) is 11.9. The van der Waals surface area contributed by atoms with Gasteiger partial charge in [0.15, 0.2) is 0 Å². The van der Waals surface area contributed by atoms with Crippen LogP contribution in [-0.2, 0) is 4.74 Å². The van der Waals surface area contributed by atoms with Crippen molar-refractivity contribution in [3.63, 3.8) is 0 Å². The van der Waals surface area contributed by atoms with Gasteiger partial charge < -0.3 is 29.9 Å². The molecule has 1 fully saturated rings. The van der Waals surface area contributed by atoms with Crippen LogP contribution in [0, 0.1) is 0 Å². The van der Waals surface area contributed by atoms with Gasteiger partial charge in [-0.2, -0.15) is 0 Å². The maximum atomic E-state index is 13.4. The monoisotopic (exact) mass is 557 g/mol. The molecule has 206 valence electrons. The lowest BCUT2D eigenvalue weighted by Crippen LogP contribution is -2.40. The molecular formula is C30H31N5O4S. The van der Waals surface area contributed by atoms with Crippen LogP contribution in [-0.4, -0.2) is 53.3 Å². The van der Waals surface area contributed by atoms with Gasteiger partial charge in [0.2, 0.25) is 0 Å². The largest absolute Gasteiger partial charge is 0.457 e. The minimum Gasteiger partial charge on any atom is -0.457 e. The van der Waals surface area contributed by atoms with Crippen molar-refractivity contribution in [2.24, 2.45) is 0 Å². The number of amides is 2. The van der Waals surface area contributed by atoms with Gasteiger partial charge in [0.05, 0.1) is 23.4 Å². The van der Waals surface area contributed by atoms with E-state index in [-0.39, 0.29) is 18.0 Å². The highest BCUT2D eigenvalue weighted by Gasteiger charge is 2.33. The molecule has 2 N–H and O–H groups in total. The maximum absolute atomic E-state index is 13.4. The third-order valence-electron chi connectivity index (χ3n) is 6.78. The van der Waals surface area contributed by atoms with Crippen LogP contribution in [0.3, 0.4) is 0 Å². The van der Waals surface area contributed by atoms with Crippen molar-refractivity contribution in [2.45, 2.75) is 38.8 Å². The predicted octanol–water partition coefficient (Wildman–Crippen LogP) is 6.35. The maximum Gasteiger partial charge on any atom is 0.410 e. The summed E-state index contributed by atoms with van der Waals surface area (Å²) in [5.74, 6) is 1.38. The number of ether oxygens (including phenoxy) is 2. The number of aromatic nitrogens is 1. The SMILES string of the molecule is CC(C)(C)OC(=O)N1CC[C@@H](NC(=O)c2sc3nccc4c3c2NCN4c2ccc(Oc3ccccc3)cc2)C1. The minimum atomic E-state index is -0.555. The Hall–Kier alpha value is -4.31. The molecule has 40 heavy (non-hydrogen) atoms. The molecule has 0 unspecified atom stereocenters. The summed E-state index contributed by atoms with van der Waals surface area (Å²) in [5, 5.41) is 7.50. The Kier molecular flexibility index (Phi) is 6.71. The average Bonchev–Trinajstić information content (AvgIpc) is 3.55. The number of nitrogens with one attached hydrogen (secondary N) is 2. The van der Waals surface area contributed by atoms with Crippen LogP contribution in [0.25, 0.3) is 10.2 Å². The second kappa shape index (κ2) is 10.3. The summed E-state index contributed by atoms with van der Waals surface area (Å²) in [7, 11) is 0. The van der Waals surface area contributed by atoms with Crippen molar-refractivity contribution in [2.75, 3.05) is 30.0 Å². The minimum absolute atomic E-state index is 0.137. The normalized spacial score (nSPS) is 16.5. The van der Waals surface area contributed by atoms with Crippen molar-refractivity contribution >= 4 is 50.6 Å². The van der Waals surface area contributed by atoms with E-state index in [2.05, 4.69) is 20.5 Å². The quantitative estimate of drug-likeness (QED) is 0.295. The van der Waals surface area contributed by atoms with Gasteiger partial charge in [0, 0.05) is 31.0 Å². The fourth-order valence-electron chi connectivity index (χ4n) is 4.97. The van der Waals surface area contributed by atoms with Gasteiger partial charge in [0.1, 0.15) is 26.8 Å². The Morgan fingerprint density at radius 3 is 2.55 bits per heavy atom. The fourth-order valence-corrected chi connectivity index (χ4v) is 6.02. The number of likely N-dealkylation sites (tertiary alicyclic amines) is 1. The number of hydrogen-bond acceptors (Lipinski definition) is 8.